The normalized spacial score (nSPS) is 34.1. The molecule has 1 spiro atoms. The largest absolute Gasteiger partial charge is 0.378 e. The van der Waals surface area contributed by atoms with Gasteiger partial charge in [0.2, 0.25) is 5.91 Å². The summed E-state index contributed by atoms with van der Waals surface area (Å²) in [5, 5.41) is 2.72. The van der Waals surface area contributed by atoms with E-state index in [1.54, 1.807) is 7.05 Å². The maximum atomic E-state index is 11.7. The van der Waals surface area contributed by atoms with Crippen LogP contribution in [0.5, 0.6) is 0 Å². The fraction of sp³-hybridized carbons (Fsp3) is 0.750. The van der Waals surface area contributed by atoms with E-state index < -0.39 is 5.54 Å². The Morgan fingerprint density at radius 3 is 2.92 bits per heavy atom. The van der Waals surface area contributed by atoms with E-state index in [-0.39, 0.29) is 18.4 Å². The van der Waals surface area contributed by atoms with Crippen molar-refractivity contribution in [2.75, 3.05) is 26.8 Å². The molecule has 0 radical (unpaired) electrons. The Labute approximate surface area is 76.0 Å². The first-order chi connectivity index (χ1) is 6.14. The van der Waals surface area contributed by atoms with Crippen molar-refractivity contribution < 1.29 is 14.3 Å². The Bertz CT molecular complexity index is 258. The van der Waals surface area contributed by atoms with Crippen LogP contribution in [0.2, 0.25) is 0 Å². The summed E-state index contributed by atoms with van der Waals surface area (Å²) in [7, 11) is 1.64. The van der Waals surface area contributed by atoms with Gasteiger partial charge >= 0.3 is 0 Å². The van der Waals surface area contributed by atoms with Gasteiger partial charge < -0.3 is 15.0 Å². The maximum absolute atomic E-state index is 11.7. The minimum atomic E-state index is -0.760. The van der Waals surface area contributed by atoms with Gasteiger partial charge in [-0.2, -0.15) is 0 Å². The lowest BCUT2D eigenvalue weighted by atomic mass is 9.94. The molecule has 2 aliphatic heterocycles. The highest BCUT2D eigenvalue weighted by molar-refractivity contribution is 5.98. The Kier molecular flexibility index (Phi) is 1.76. The van der Waals surface area contributed by atoms with Crippen molar-refractivity contribution in [2.24, 2.45) is 0 Å². The average molecular weight is 184 g/mol. The first-order valence-corrected chi connectivity index (χ1v) is 4.28. The van der Waals surface area contributed by atoms with Crippen molar-refractivity contribution in [2.45, 2.75) is 12.0 Å². The number of nitrogens with zero attached hydrogens (tertiary/aromatic N) is 1. The summed E-state index contributed by atoms with van der Waals surface area (Å²) < 4.78 is 5.14. The van der Waals surface area contributed by atoms with Crippen LogP contribution in [-0.2, 0) is 14.3 Å². The van der Waals surface area contributed by atoms with Crippen molar-refractivity contribution in [3.63, 3.8) is 0 Å². The van der Waals surface area contributed by atoms with E-state index in [1.807, 2.05) is 0 Å². The molecule has 13 heavy (non-hydrogen) atoms. The van der Waals surface area contributed by atoms with Gasteiger partial charge in [-0.25, -0.2) is 0 Å². The number of carbonyl (C=O) groups is 2. The number of likely N-dealkylation sites (N-methyl/N-ethyl adjacent to an activating group) is 1. The summed E-state index contributed by atoms with van der Waals surface area (Å²) in [6, 6.07) is 0. The fourth-order valence-electron chi connectivity index (χ4n) is 1.84. The number of nitrogens with one attached hydrogen (secondary N) is 1. The van der Waals surface area contributed by atoms with Crippen LogP contribution in [0.3, 0.4) is 0 Å². The molecule has 2 rings (SSSR count). The summed E-state index contributed by atoms with van der Waals surface area (Å²) in [5.74, 6) is -0.141. The monoisotopic (exact) mass is 184 g/mol. The second-order valence-electron chi connectivity index (χ2n) is 3.59. The molecule has 2 saturated heterocycles. The number of rotatable bonds is 0. The minimum Gasteiger partial charge on any atom is -0.378 e. The van der Waals surface area contributed by atoms with E-state index in [4.69, 9.17) is 4.74 Å². The topological polar surface area (TPSA) is 58.6 Å². The van der Waals surface area contributed by atoms with Crippen molar-refractivity contribution in [1.82, 2.24) is 10.2 Å². The second-order valence-corrected chi connectivity index (χ2v) is 3.59. The molecule has 0 aromatic heterocycles. The van der Waals surface area contributed by atoms with Gasteiger partial charge in [0.05, 0.1) is 13.2 Å². The summed E-state index contributed by atoms with van der Waals surface area (Å²) >= 11 is 0. The predicted octanol–water partition coefficient (Wildman–Crippen LogP) is -1.27. The molecule has 2 heterocycles. The van der Waals surface area contributed by atoms with Gasteiger partial charge in [0.25, 0.3) is 5.91 Å². The van der Waals surface area contributed by atoms with E-state index in [2.05, 4.69) is 5.32 Å². The number of amides is 2. The lowest BCUT2D eigenvalue weighted by Gasteiger charge is -2.36. The summed E-state index contributed by atoms with van der Waals surface area (Å²) in [6.45, 7) is 1.00. The maximum Gasteiger partial charge on any atom is 0.251 e. The summed E-state index contributed by atoms with van der Waals surface area (Å²) in [5.41, 5.74) is -0.760. The molecular formula is C8H12N2O3. The molecule has 5 heteroatoms. The molecule has 0 unspecified atom stereocenters. The molecule has 0 saturated carbocycles. The first kappa shape index (κ1) is 8.50. The molecule has 1 atom stereocenters. The Hall–Kier alpha value is -1.10. The third-order valence-electron chi connectivity index (χ3n) is 2.54. The van der Waals surface area contributed by atoms with Crippen LogP contribution in [0.1, 0.15) is 6.42 Å². The number of piperazine rings is 1. The molecule has 0 bridgehead atoms. The van der Waals surface area contributed by atoms with E-state index in [1.165, 1.54) is 4.90 Å². The molecule has 2 aliphatic rings. The van der Waals surface area contributed by atoms with Crippen molar-refractivity contribution in [3.05, 3.63) is 0 Å². The van der Waals surface area contributed by atoms with Gasteiger partial charge in [-0.1, -0.05) is 0 Å². The highest BCUT2D eigenvalue weighted by atomic mass is 16.5. The Morgan fingerprint density at radius 2 is 2.31 bits per heavy atom. The van der Waals surface area contributed by atoms with Gasteiger partial charge in [-0.15, -0.1) is 0 Å². The van der Waals surface area contributed by atoms with Crippen LogP contribution in [0.25, 0.3) is 0 Å². The molecule has 0 aliphatic carbocycles. The Morgan fingerprint density at radius 1 is 1.54 bits per heavy atom. The van der Waals surface area contributed by atoms with Crippen molar-refractivity contribution >= 4 is 11.8 Å². The molecule has 5 nitrogen and oxygen atoms in total. The fourth-order valence-corrected chi connectivity index (χ4v) is 1.84. The van der Waals surface area contributed by atoms with Gasteiger partial charge in [-0.05, 0) is 0 Å². The predicted molar refractivity (Wildman–Crippen MR) is 43.9 cm³/mol. The smallest absolute Gasteiger partial charge is 0.251 e. The third-order valence-corrected chi connectivity index (χ3v) is 2.54. The van der Waals surface area contributed by atoms with Crippen LogP contribution in [0.4, 0.5) is 0 Å². The quantitative estimate of drug-likeness (QED) is 0.511. The van der Waals surface area contributed by atoms with E-state index in [9.17, 15) is 9.59 Å². The van der Waals surface area contributed by atoms with Gasteiger partial charge in [0.15, 0.2) is 0 Å². The lowest BCUT2D eigenvalue weighted by Crippen LogP contribution is -2.66. The Balaban J connectivity index is 2.25. The zero-order valence-corrected chi connectivity index (χ0v) is 7.50. The first-order valence-electron chi connectivity index (χ1n) is 4.28. The standard InChI is InChI=1S/C8H12N2O3/c1-10-4-6(11)9-8(7(10)12)2-3-13-5-8/h2-5H2,1H3,(H,9,11)/t8-/m1/s1. The molecule has 2 fully saturated rings. The number of hydrogen-bond donors (Lipinski definition) is 1. The molecular weight excluding hydrogens is 172 g/mol. The zero-order chi connectivity index (χ0) is 9.47. The molecule has 1 N–H and O–H groups in total. The molecule has 0 aromatic carbocycles. The average Bonchev–Trinajstić information content (AvgIpc) is 2.50. The molecule has 2 amide bonds. The number of hydrogen-bond acceptors (Lipinski definition) is 3. The van der Waals surface area contributed by atoms with E-state index in [0.29, 0.717) is 19.6 Å². The van der Waals surface area contributed by atoms with Gasteiger partial charge in [0, 0.05) is 20.1 Å². The summed E-state index contributed by atoms with van der Waals surface area (Å²) in [6.07, 6.45) is 0.585. The zero-order valence-electron chi connectivity index (χ0n) is 7.50. The van der Waals surface area contributed by atoms with E-state index >= 15 is 0 Å². The molecule has 0 aromatic rings. The highest BCUT2D eigenvalue weighted by Gasteiger charge is 2.48. The minimum absolute atomic E-state index is 0.0374. The van der Waals surface area contributed by atoms with E-state index in [0.717, 1.165) is 0 Å². The van der Waals surface area contributed by atoms with Gasteiger partial charge in [-0.3, -0.25) is 9.59 Å². The SMILES string of the molecule is CN1CC(=O)N[C@@]2(CCOC2)C1=O. The number of ether oxygens (including phenoxy) is 1. The third kappa shape index (κ3) is 1.19. The van der Waals surface area contributed by atoms with Crippen molar-refractivity contribution in [3.8, 4) is 0 Å². The van der Waals surface area contributed by atoms with Crippen LogP contribution in [0, 0.1) is 0 Å². The van der Waals surface area contributed by atoms with Crippen molar-refractivity contribution in [1.29, 1.82) is 0 Å². The van der Waals surface area contributed by atoms with Crippen LogP contribution < -0.4 is 5.32 Å². The van der Waals surface area contributed by atoms with Gasteiger partial charge in [0.1, 0.15) is 5.54 Å². The highest BCUT2D eigenvalue weighted by Crippen LogP contribution is 2.23. The van der Waals surface area contributed by atoms with Crippen LogP contribution >= 0.6 is 0 Å². The van der Waals surface area contributed by atoms with Crippen LogP contribution in [-0.4, -0.2) is 49.1 Å². The lowest BCUT2D eigenvalue weighted by molar-refractivity contribution is -0.148. The van der Waals surface area contributed by atoms with Crippen LogP contribution in [0.15, 0.2) is 0 Å². The summed E-state index contributed by atoms with van der Waals surface area (Å²) in [4.78, 5) is 24.4. The second kappa shape index (κ2) is 2.70. The number of carbonyl (C=O) groups excluding carboxylic acids is 2. The molecule has 72 valence electrons.